The molecule has 1 heterocycles. The molecule has 3 heteroatoms. The number of aryl methyl sites for hydroxylation is 1. The summed E-state index contributed by atoms with van der Waals surface area (Å²) in [6, 6.07) is 11.8. The molecule has 2 aromatic rings. The van der Waals surface area contributed by atoms with Crippen LogP contribution < -0.4 is 0 Å². The third-order valence-electron chi connectivity index (χ3n) is 3.69. The van der Waals surface area contributed by atoms with Crippen LogP contribution >= 0.6 is 0 Å². The van der Waals surface area contributed by atoms with Crippen LogP contribution in [0.4, 0.5) is 0 Å². The van der Waals surface area contributed by atoms with Gasteiger partial charge in [-0.2, -0.15) is 5.26 Å². The maximum Gasteiger partial charge on any atom is 0.160 e. The minimum absolute atomic E-state index is 0.578. The average Bonchev–Trinajstić information content (AvgIpc) is 2.36. The van der Waals surface area contributed by atoms with Gasteiger partial charge in [-0.05, 0) is 38.0 Å². The fourth-order valence-corrected chi connectivity index (χ4v) is 2.40. The van der Waals surface area contributed by atoms with E-state index in [-0.39, 0.29) is 0 Å². The minimum atomic E-state index is 0.578. The first-order valence-corrected chi connectivity index (χ1v) is 6.63. The van der Waals surface area contributed by atoms with Crippen LogP contribution in [0, 0.1) is 18.3 Å². The van der Waals surface area contributed by atoms with Gasteiger partial charge in [0.15, 0.2) is 5.82 Å². The normalized spacial score (nSPS) is 14.7. The third-order valence-corrected chi connectivity index (χ3v) is 3.69. The van der Waals surface area contributed by atoms with Gasteiger partial charge in [0.05, 0.1) is 11.6 Å². The Labute approximate surface area is 113 Å². The molecule has 1 aliphatic rings. The second kappa shape index (κ2) is 4.81. The molecule has 1 aromatic heterocycles. The molecular weight excluding hydrogens is 234 g/mol. The van der Waals surface area contributed by atoms with Crippen molar-refractivity contribution in [3.05, 3.63) is 47.3 Å². The number of nitriles is 1. The lowest BCUT2D eigenvalue weighted by molar-refractivity contribution is 0.410. The molecule has 0 radical (unpaired) electrons. The maximum atomic E-state index is 9.18. The molecule has 0 N–H and O–H groups in total. The van der Waals surface area contributed by atoms with Crippen molar-refractivity contribution in [2.24, 2.45) is 0 Å². The average molecular weight is 249 g/mol. The van der Waals surface area contributed by atoms with Gasteiger partial charge in [0.25, 0.3) is 0 Å². The molecular formula is C16H15N3. The number of benzene rings is 1. The standard InChI is InChI=1S/C16H15N3/c1-11-9-15(12-6-4-7-12)19-16(18-11)14-8-3-2-5-13(14)10-17/h2-3,5,8-9,12H,4,6-7H2,1H3. The lowest BCUT2D eigenvalue weighted by atomic mass is 9.82. The zero-order valence-electron chi connectivity index (χ0n) is 10.9. The molecule has 1 saturated carbocycles. The van der Waals surface area contributed by atoms with Gasteiger partial charge < -0.3 is 0 Å². The van der Waals surface area contributed by atoms with E-state index in [1.165, 1.54) is 19.3 Å². The van der Waals surface area contributed by atoms with Crippen LogP contribution in [0.15, 0.2) is 30.3 Å². The molecule has 3 nitrogen and oxygen atoms in total. The van der Waals surface area contributed by atoms with Gasteiger partial charge in [-0.25, -0.2) is 9.97 Å². The summed E-state index contributed by atoms with van der Waals surface area (Å²) in [7, 11) is 0. The van der Waals surface area contributed by atoms with Gasteiger partial charge in [-0.15, -0.1) is 0 Å². The smallest absolute Gasteiger partial charge is 0.160 e. The summed E-state index contributed by atoms with van der Waals surface area (Å²) < 4.78 is 0. The van der Waals surface area contributed by atoms with Crippen molar-refractivity contribution in [2.45, 2.75) is 32.1 Å². The van der Waals surface area contributed by atoms with E-state index in [9.17, 15) is 5.26 Å². The lowest BCUT2D eigenvalue weighted by Crippen LogP contribution is -2.12. The minimum Gasteiger partial charge on any atom is -0.233 e. The first-order valence-electron chi connectivity index (χ1n) is 6.63. The molecule has 19 heavy (non-hydrogen) atoms. The van der Waals surface area contributed by atoms with Crippen LogP contribution in [0.5, 0.6) is 0 Å². The third kappa shape index (κ3) is 2.22. The highest BCUT2D eigenvalue weighted by atomic mass is 14.9. The van der Waals surface area contributed by atoms with Crippen LogP contribution in [0.3, 0.4) is 0 Å². The Morgan fingerprint density at radius 1 is 1.21 bits per heavy atom. The molecule has 0 saturated heterocycles. The molecule has 0 spiro atoms. The summed E-state index contributed by atoms with van der Waals surface area (Å²) in [6.45, 7) is 1.99. The second-order valence-corrected chi connectivity index (χ2v) is 5.04. The van der Waals surface area contributed by atoms with E-state index >= 15 is 0 Å². The molecule has 0 aliphatic heterocycles. The Kier molecular flexibility index (Phi) is 3.00. The van der Waals surface area contributed by atoms with Crippen molar-refractivity contribution in [1.29, 1.82) is 5.26 Å². The predicted octanol–water partition coefficient (Wildman–Crippen LogP) is 3.59. The number of hydrogen-bond acceptors (Lipinski definition) is 3. The Bertz CT molecular complexity index is 651. The Balaban J connectivity index is 2.09. The highest BCUT2D eigenvalue weighted by Gasteiger charge is 2.22. The summed E-state index contributed by atoms with van der Waals surface area (Å²) in [5, 5.41) is 9.18. The quantitative estimate of drug-likeness (QED) is 0.817. The van der Waals surface area contributed by atoms with E-state index in [1.807, 2.05) is 31.2 Å². The van der Waals surface area contributed by atoms with Gasteiger partial charge in [0, 0.05) is 22.9 Å². The van der Waals surface area contributed by atoms with Crippen molar-refractivity contribution in [2.75, 3.05) is 0 Å². The lowest BCUT2D eigenvalue weighted by Gasteiger charge is -2.25. The van der Waals surface area contributed by atoms with Gasteiger partial charge >= 0.3 is 0 Å². The number of hydrogen-bond donors (Lipinski definition) is 0. The molecule has 1 fully saturated rings. The number of rotatable bonds is 2. The summed E-state index contributed by atoms with van der Waals surface area (Å²) in [4.78, 5) is 9.16. The summed E-state index contributed by atoms with van der Waals surface area (Å²) in [5.74, 6) is 1.26. The fraction of sp³-hybridized carbons (Fsp3) is 0.312. The van der Waals surface area contributed by atoms with Crippen LogP contribution in [0.1, 0.15) is 42.1 Å². The van der Waals surface area contributed by atoms with Crippen LogP contribution in [0.25, 0.3) is 11.4 Å². The first kappa shape index (κ1) is 11.9. The Morgan fingerprint density at radius 3 is 2.68 bits per heavy atom. The Hall–Kier alpha value is -2.21. The number of aromatic nitrogens is 2. The SMILES string of the molecule is Cc1cc(C2CCC2)nc(-c2ccccc2C#N)n1. The van der Waals surface area contributed by atoms with Crippen molar-refractivity contribution < 1.29 is 0 Å². The van der Waals surface area contributed by atoms with Crippen LogP contribution in [0.2, 0.25) is 0 Å². The molecule has 0 atom stereocenters. The van der Waals surface area contributed by atoms with E-state index in [1.54, 1.807) is 0 Å². The van der Waals surface area contributed by atoms with E-state index in [4.69, 9.17) is 0 Å². The van der Waals surface area contributed by atoms with Crippen LogP contribution in [-0.4, -0.2) is 9.97 Å². The highest BCUT2D eigenvalue weighted by molar-refractivity contribution is 5.64. The molecule has 94 valence electrons. The van der Waals surface area contributed by atoms with Gasteiger partial charge in [-0.3, -0.25) is 0 Å². The summed E-state index contributed by atoms with van der Waals surface area (Å²) >= 11 is 0. The topological polar surface area (TPSA) is 49.6 Å². The second-order valence-electron chi connectivity index (χ2n) is 5.04. The van der Waals surface area contributed by atoms with Gasteiger partial charge in [-0.1, -0.05) is 18.6 Å². The number of nitrogens with zero attached hydrogens (tertiary/aromatic N) is 3. The van der Waals surface area contributed by atoms with Crippen molar-refractivity contribution in [3.63, 3.8) is 0 Å². The monoisotopic (exact) mass is 249 g/mol. The zero-order chi connectivity index (χ0) is 13.2. The first-order chi connectivity index (χ1) is 9.28. The van der Waals surface area contributed by atoms with Gasteiger partial charge in [0.1, 0.15) is 0 Å². The summed E-state index contributed by atoms with van der Waals surface area (Å²) in [6.07, 6.45) is 3.73. The largest absolute Gasteiger partial charge is 0.233 e. The van der Waals surface area contributed by atoms with E-state index in [2.05, 4.69) is 22.1 Å². The molecule has 0 amide bonds. The van der Waals surface area contributed by atoms with E-state index in [0.29, 0.717) is 17.3 Å². The zero-order valence-corrected chi connectivity index (χ0v) is 10.9. The molecule has 1 aromatic carbocycles. The molecule has 0 unspecified atom stereocenters. The predicted molar refractivity (Wildman–Crippen MR) is 73.5 cm³/mol. The van der Waals surface area contributed by atoms with Crippen molar-refractivity contribution in [3.8, 4) is 17.5 Å². The van der Waals surface area contributed by atoms with Crippen LogP contribution in [-0.2, 0) is 0 Å². The Morgan fingerprint density at radius 2 is 2.00 bits per heavy atom. The molecule has 3 rings (SSSR count). The fourth-order valence-electron chi connectivity index (χ4n) is 2.40. The highest BCUT2D eigenvalue weighted by Crippen LogP contribution is 2.36. The van der Waals surface area contributed by atoms with E-state index in [0.717, 1.165) is 17.0 Å². The molecule has 0 bridgehead atoms. The van der Waals surface area contributed by atoms with Gasteiger partial charge in [0.2, 0.25) is 0 Å². The van der Waals surface area contributed by atoms with Crippen molar-refractivity contribution >= 4 is 0 Å². The van der Waals surface area contributed by atoms with Crippen molar-refractivity contribution in [1.82, 2.24) is 9.97 Å². The molecule has 1 aliphatic carbocycles. The maximum absolute atomic E-state index is 9.18. The van der Waals surface area contributed by atoms with E-state index < -0.39 is 0 Å². The summed E-state index contributed by atoms with van der Waals surface area (Å²) in [5.41, 5.74) is 3.56.